The lowest BCUT2D eigenvalue weighted by atomic mass is 9.93. The van der Waals surface area contributed by atoms with Gasteiger partial charge in [0.05, 0.1) is 12.8 Å². The number of sulfonamides is 1. The second kappa shape index (κ2) is 12.0. The second-order valence-electron chi connectivity index (χ2n) is 9.10. The first-order valence-electron chi connectivity index (χ1n) is 11.2. The summed E-state index contributed by atoms with van der Waals surface area (Å²) in [6.45, 7) is 3.48. The summed E-state index contributed by atoms with van der Waals surface area (Å²) in [6, 6.07) is 3.01. The van der Waals surface area contributed by atoms with Gasteiger partial charge in [-0.2, -0.15) is 31.4 Å². The summed E-state index contributed by atoms with van der Waals surface area (Å²) >= 11 is 0. The van der Waals surface area contributed by atoms with E-state index in [4.69, 9.17) is 19.8 Å². The Morgan fingerprint density at radius 3 is 1.95 bits per heavy atom. The highest BCUT2D eigenvalue weighted by Crippen LogP contribution is 2.40. The highest BCUT2D eigenvalue weighted by Gasteiger charge is 2.46. The molecule has 3 fully saturated rings. The maximum atomic E-state index is 11.9. The molecule has 3 heterocycles. The largest absolute Gasteiger partial charge is 0.490 e. The average molecular weight is 567 g/mol. The van der Waals surface area contributed by atoms with Crippen LogP contribution in [-0.2, 0) is 26.2 Å². The number of carbonyl (C=O) groups is 2. The smallest absolute Gasteiger partial charge is 0.475 e. The third-order valence-electron chi connectivity index (χ3n) is 6.20. The minimum atomic E-state index is -5.08. The normalized spacial score (nSPS) is 24.8. The molecule has 0 amide bonds. The van der Waals surface area contributed by atoms with Gasteiger partial charge in [-0.1, -0.05) is 0 Å². The molecule has 1 aromatic rings. The van der Waals surface area contributed by atoms with Crippen molar-refractivity contribution < 1.29 is 54.6 Å². The van der Waals surface area contributed by atoms with Crippen molar-refractivity contribution >= 4 is 22.0 Å². The van der Waals surface area contributed by atoms with Crippen molar-refractivity contribution in [2.45, 2.75) is 56.7 Å². The molecule has 10 nitrogen and oxygen atoms in total. The van der Waals surface area contributed by atoms with Gasteiger partial charge in [0.1, 0.15) is 0 Å². The van der Waals surface area contributed by atoms with Crippen molar-refractivity contribution in [3.8, 4) is 0 Å². The van der Waals surface area contributed by atoms with Gasteiger partial charge < -0.3 is 10.2 Å². The Bertz CT molecular complexity index is 990. The predicted octanol–water partition coefficient (Wildman–Crippen LogP) is 2.28. The maximum Gasteiger partial charge on any atom is 0.490 e. The van der Waals surface area contributed by atoms with Crippen LogP contribution in [0.2, 0.25) is 0 Å². The number of halogens is 6. The van der Waals surface area contributed by atoms with Crippen molar-refractivity contribution in [3.63, 3.8) is 0 Å². The molecule has 3 aliphatic rings. The first kappa shape index (κ1) is 30.8. The van der Waals surface area contributed by atoms with E-state index in [1.165, 1.54) is 25.6 Å². The number of carboxylic acid groups (broad SMARTS) is 2. The molecule has 0 unspecified atom stereocenters. The molecule has 0 radical (unpaired) electrons. The quantitative estimate of drug-likeness (QED) is 0.519. The number of hydrogen-bond acceptors (Lipinski definition) is 6. The summed E-state index contributed by atoms with van der Waals surface area (Å²) < 4.78 is 90.9. The lowest BCUT2D eigenvalue weighted by molar-refractivity contribution is -0.193. The molecular formula is C20H28F6N4O6S. The maximum absolute atomic E-state index is 11.9. The Balaban J connectivity index is 0.000000286. The van der Waals surface area contributed by atoms with Gasteiger partial charge in [-0.3, -0.25) is 9.58 Å². The Hall–Kier alpha value is -2.40. The van der Waals surface area contributed by atoms with E-state index in [1.807, 2.05) is 23.1 Å². The molecule has 2 aliphatic heterocycles. The summed E-state index contributed by atoms with van der Waals surface area (Å²) in [5, 5.41) is 18.6. The number of nitrogens with zero attached hydrogens (tertiary/aromatic N) is 4. The monoisotopic (exact) mass is 566 g/mol. The number of piperidine rings is 1. The molecule has 1 aromatic heterocycles. The average Bonchev–Trinajstić information content (AvgIpc) is 3.30. The van der Waals surface area contributed by atoms with Crippen molar-refractivity contribution in [1.82, 2.24) is 19.0 Å². The fourth-order valence-corrected chi connectivity index (χ4v) is 5.30. The molecule has 0 bridgehead atoms. The topological polar surface area (TPSA) is 133 Å². The highest BCUT2D eigenvalue weighted by atomic mass is 32.2. The van der Waals surface area contributed by atoms with Crippen LogP contribution in [0.4, 0.5) is 26.3 Å². The third-order valence-corrected chi connectivity index (χ3v) is 7.47. The molecule has 37 heavy (non-hydrogen) atoms. The van der Waals surface area contributed by atoms with Crippen LogP contribution in [-0.4, -0.2) is 99.9 Å². The number of aliphatic carboxylic acids is 2. The van der Waals surface area contributed by atoms with Gasteiger partial charge in [0, 0.05) is 44.1 Å². The molecular weight excluding hydrogens is 538 g/mol. The lowest BCUT2D eigenvalue weighted by Crippen LogP contribution is -2.49. The second-order valence-corrected chi connectivity index (χ2v) is 11.1. The van der Waals surface area contributed by atoms with Crippen molar-refractivity contribution in [3.05, 3.63) is 18.5 Å². The molecule has 2 saturated heterocycles. The Morgan fingerprint density at radius 1 is 1.00 bits per heavy atom. The SMILES string of the molecule is CS(=O)(=O)N1CC[C@H]2[C@H](C[C@@H](Cn3cccn3)N2CC2CC2)C1.O=C(O)C(F)(F)F.O=C(O)C(F)(F)F. The number of fused-ring (bicyclic) bond motifs is 1. The lowest BCUT2D eigenvalue weighted by Gasteiger charge is -2.37. The van der Waals surface area contributed by atoms with E-state index in [-0.39, 0.29) is 0 Å². The van der Waals surface area contributed by atoms with Crippen LogP contribution >= 0.6 is 0 Å². The van der Waals surface area contributed by atoms with E-state index in [0.717, 1.165) is 25.3 Å². The van der Waals surface area contributed by atoms with E-state index < -0.39 is 34.3 Å². The van der Waals surface area contributed by atoms with Gasteiger partial charge in [0.2, 0.25) is 10.0 Å². The van der Waals surface area contributed by atoms with Crippen LogP contribution in [0.1, 0.15) is 25.7 Å². The van der Waals surface area contributed by atoms with Crippen molar-refractivity contribution in [1.29, 1.82) is 0 Å². The summed E-state index contributed by atoms with van der Waals surface area (Å²) in [7, 11) is -3.06. The van der Waals surface area contributed by atoms with E-state index in [0.29, 0.717) is 31.1 Å². The van der Waals surface area contributed by atoms with E-state index in [1.54, 1.807) is 4.31 Å². The number of aromatic nitrogens is 2. The van der Waals surface area contributed by atoms with Gasteiger partial charge >= 0.3 is 24.3 Å². The molecule has 17 heteroatoms. The predicted molar refractivity (Wildman–Crippen MR) is 116 cm³/mol. The van der Waals surface area contributed by atoms with Crippen molar-refractivity contribution in [2.75, 3.05) is 25.9 Å². The number of hydrogen-bond donors (Lipinski definition) is 2. The molecule has 212 valence electrons. The number of alkyl halides is 6. The Labute approximate surface area is 208 Å². The van der Waals surface area contributed by atoms with Gasteiger partial charge in [-0.25, -0.2) is 22.3 Å². The van der Waals surface area contributed by atoms with Crippen molar-refractivity contribution in [2.24, 2.45) is 11.8 Å². The van der Waals surface area contributed by atoms with E-state index in [9.17, 15) is 34.8 Å². The first-order chi connectivity index (χ1) is 16.9. The minimum absolute atomic E-state index is 0.470. The van der Waals surface area contributed by atoms with Crippen LogP contribution in [0.3, 0.4) is 0 Å². The highest BCUT2D eigenvalue weighted by molar-refractivity contribution is 7.88. The summed E-state index contributed by atoms with van der Waals surface area (Å²) in [5.74, 6) is -4.18. The Kier molecular flexibility index (Phi) is 9.98. The van der Waals surface area contributed by atoms with Crippen LogP contribution < -0.4 is 0 Å². The fourth-order valence-electron chi connectivity index (χ4n) is 4.40. The molecule has 0 spiro atoms. The first-order valence-corrected chi connectivity index (χ1v) is 13.0. The third kappa shape index (κ3) is 9.77. The van der Waals surface area contributed by atoms with Crippen LogP contribution in [0, 0.1) is 11.8 Å². The number of carboxylic acids is 2. The van der Waals surface area contributed by atoms with E-state index in [2.05, 4.69) is 10.00 Å². The Morgan fingerprint density at radius 2 is 1.54 bits per heavy atom. The molecule has 1 saturated carbocycles. The zero-order chi connectivity index (χ0) is 28.2. The molecule has 4 rings (SSSR count). The number of rotatable bonds is 5. The van der Waals surface area contributed by atoms with Crippen LogP contribution in [0.25, 0.3) is 0 Å². The minimum Gasteiger partial charge on any atom is -0.475 e. The summed E-state index contributed by atoms with van der Waals surface area (Å²) in [5.41, 5.74) is 0. The van der Waals surface area contributed by atoms with Gasteiger partial charge in [-0.15, -0.1) is 0 Å². The summed E-state index contributed by atoms with van der Waals surface area (Å²) in [4.78, 5) is 20.5. The molecule has 1 aliphatic carbocycles. The summed E-state index contributed by atoms with van der Waals surface area (Å²) in [6.07, 6.45) is -0.191. The standard InChI is InChI=1S/C16H26N4O2S.2C2HF3O2/c1-23(21,22)19-8-5-16-14(11-19)9-15(12-18-7-2-6-17-18)20(16)10-13-3-4-13;2*3-2(4,5)1(6)7/h2,6-7,13-16H,3-5,8-12H2,1H3;2*(H,6,7)/t14-,15+,16+;;/m1../s1. The number of likely N-dealkylation sites (tertiary alicyclic amines) is 1. The van der Waals surface area contributed by atoms with Crippen LogP contribution in [0.5, 0.6) is 0 Å². The fraction of sp³-hybridized carbons (Fsp3) is 0.750. The van der Waals surface area contributed by atoms with Gasteiger partial charge in [-0.05, 0) is 43.6 Å². The zero-order valence-corrected chi connectivity index (χ0v) is 20.5. The molecule has 3 atom stereocenters. The van der Waals surface area contributed by atoms with Crippen LogP contribution in [0.15, 0.2) is 18.5 Å². The zero-order valence-electron chi connectivity index (χ0n) is 19.7. The van der Waals surface area contributed by atoms with Gasteiger partial charge in [0.25, 0.3) is 0 Å². The molecule has 0 aromatic carbocycles. The van der Waals surface area contributed by atoms with Gasteiger partial charge in [0.15, 0.2) is 0 Å². The molecule has 2 N–H and O–H groups in total. The van der Waals surface area contributed by atoms with E-state index >= 15 is 0 Å².